The molecular formula is C11H21NO5. The third-order valence-corrected chi connectivity index (χ3v) is 1.98. The standard InChI is InChI=1S/C11H21NO5/c1-7(8(13)5-6-9(14)15)12-10(16)17-11(2,3)4/h7-8,13H,5-6H2,1-4H3,(H,12,16)(H,14,15)/t7-,8+/m0/s1. The number of hydrogen-bond acceptors (Lipinski definition) is 4. The molecule has 6 nitrogen and oxygen atoms in total. The van der Waals surface area contributed by atoms with Crippen molar-refractivity contribution in [3.05, 3.63) is 0 Å². The number of aliphatic carboxylic acids is 1. The molecule has 100 valence electrons. The first-order valence-electron chi connectivity index (χ1n) is 5.51. The third-order valence-electron chi connectivity index (χ3n) is 1.98. The Hall–Kier alpha value is -1.30. The Labute approximate surface area is 101 Å². The van der Waals surface area contributed by atoms with Gasteiger partial charge in [-0.25, -0.2) is 4.79 Å². The van der Waals surface area contributed by atoms with E-state index >= 15 is 0 Å². The van der Waals surface area contributed by atoms with Gasteiger partial charge in [0.05, 0.1) is 12.1 Å². The van der Waals surface area contributed by atoms with Crippen molar-refractivity contribution in [3.8, 4) is 0 Å². The second kappa shape index (κ2) is 6.44. The minimum Gasteiger partial charge on any atom is -0.481 e. The summed E-state index contributed by atoms with van der Waals surface area (Å²) in [6.45, 7) is 6.80. The lowest BCUT2D eigenvalue weighted by atomic mass is 10.1. The Balaban J connectivity index is 4.03. The van der Waals surface area contributed by atoms with E-state index in [1.165, 1.54) is 0 Å². The Morgan fingerprint density at radius 1 is 1.35 bits per heavy atom. The molecule has 0 rings (SSSR count). The van der Waals surface area contributed by atoms with Crippen LogP contribution in [0.25, 0.3) is 0 Å². The first kappa shape index (κ1) is 15.7. The smallest absolute Gasteiger partial charge is 0.407 e. The van der Waals surface area contributed by atoms with Crippen molar-refractivity contribution in [1.82, 2.24) is 5.32 Å². The Morgan fingerprint density at radius 2 is 1.88 bits per heavy atom. The SMILES string of the molecule is C[C@H](NC(=O)OC(C)(C)C)[C@H](O)CCC(=O)O. The highest BCUT2D eigenvalue weighted by Gasteiger charge is 2.21. The van der Waals surface area contributed by atoms with Gasteiger partial charge in [0.2, 0.25) is 0 Å². The van der Waals surface area contributed by atoms with Crippen LogP contribution in [0.1, 0.15) is 40.5 Å². The summed E-state index contributed by atoms with van der Waals surface area (Å²) in [5.41, 5.74) is -0.601. The van der Waals surface area contributed by atoms with Crippen LogP contribution in [0.4, 0.5) is 4.79 Å². The molecule has 0 aliphatic heterocycles. The average Bonchev–Trinajstić information content (AvgIpc) is 2.10. The van der Waals surface area contributed by atoms with Crippen LogP contribution in [0.2, 0.25) is 0 Å². The van der Waals surface area contributed by atoms with Gasteiger partial charge in [0.15, 0.2) is 0 Å². The van der Waals surface area contributed by atoms with Gasteiger partial charge in [-0.2, -0.15) is 0 Å². The highest BCUT2D eigenvalue weighted by atomic mass is 16.6. The number of amides is 1. The molecule has 17 heavy (non-hydrogen) atoms. The van der Waals surface area contributed by atoms with Gasteiger partial charge in [-0.15, -0.1) is 0 Å². The molecule has 0 radical (unpaired) electrons. The fourth-order valence-electron chi connectivity index (χ4n) is 1.11. The zero-order valence-corrected chi connectivity index (χ0v) is 10.7. The largest absolute Gasteiger partial charge is 0.481 e. The van der Waals surface area contributed by atoms with E-state index in [1.54, 1.807) is 27.7 Å². The molecular weight excluding hydrogens is 226 g/mol. The number of ether oxygens (including phenoxy) is 1. The van der Waals surface area contributed by atoms with Gasteiger partial charge < -0.3 is 20.3 Å². The highest BCUT2D eigenvalue weighted by molar-refractivity contribution is 5.68. The predicted molar refractivity (Wildman–Crippen MR) is 61.7 cm³/mol. The van der Waals surface area contributed by atoms with Gasteiger partial charge in [-0.05, 0) is 34.1 Å². The van der Waals surface area contributed by atoms with Crippen molar-refractivity contribution in [2.75, 3.05) is 0 Å². The number of alkyl carbamates (subject to hydrolysis) is 1. The van der Waals surface area contributed by atoms with E-state index in [9.17, 15) is 14.7 Å². The fraction of sp³-hybridized carbons (Fsp3) is 0.818. The van der Waals surface area contributed by atoms with E-state index in [-0.39, 0.29) is 12.8 Å². The second-order valence-electron chi connectivity index (χ2n) is 4.93. The second-order valence-corrected chi connectivity index (χ2v) is 4.93. The topological polar surface area (TPSA) is 95.9 Å². The maximum absolute atomic E-state index is 11.4. The van der Waals surface area contributed by atoms with Crippen LogP contribution in [0.15, 0.2) is 0 Å². The van der Waals surface area contributed by atoms with E-state index in [0.29, 0.717) is 0 Å². The van der Waals surface area contributed by atoms with Gasteiger partial charge in [0.25, 0.3) is 0 Å². The van der Waals surface area contributed by atoms with E-state index in [4.69, 9.17) is 9.84 Å². The van der Waals surface area contributed by atoms with Gasteiger partial charge in [-0.1, -0.05) is 0 Å². The Morgan fingerprint density at radius 3 is 2.29 bits per heavy atom. The molecule has 0 aromatic heterocycles. The van der Waals surface area contributed by atoms with Crippen molar-refractivity contribution in [2.45, 2.75) is 58.3 Å². The maximum atomic E-state index is 11.4. The molecule has 1 amide bonds. The van der Waals surface area contributed by atoms with Crippen LogP contribution in [0.5, 0.6) is 0 Å². The van der Waals surface area contributed by atoms with Crippen molar-refractivity contribution in [1.29, 1.82) is 0 Å². The molecule has 0 aliphatic carbocycles. The molecule has 6 heteroatoms. The Bertz CT molecular complexity index is 272. The number of aliphatic hydroxyl groups excluding tert-OH is 1. The lowest BCUT2D eigenvalue weighted by Crippen LogP contribution is -2.43. The molecule has 0 unspecified atom stereocenters. The molecule has 0 bridgehead atoms. The summed E-state index contributed by atoms with van der Waals surface area (Å²) < 4.78 is 5.01. The molecule has 0 saturated carbocycles. The first-order chi connectivity index (χ1) is 7.61. The molecule has 0 heterocycles. The third kappa shape index (κ3) is 8.50. The number of carbonyl (C=O) groups excluding carboxylic acids is 1. The molecule has 2 atom stereocenters. The molecule has 0 fully saturated rings. The van der Waals surface area contributed by atoms with Crippen LogP contribution < -0.4 is 5.32 Å². The minimum absolute atomic E-state index is 0.0896. The molecule has 0 spiro atoms. The monoisotopic (exact) mass is 247 g/mol. The lowest BCUT2D eigenvalue weighted by molar-refractivity contribution is -0.137. The number of hydrogen-bond donors (Lipinski definition) is 3. The summed E-state index contributed by atoms with van der Waals surface area (Å²) >= 11 is 0. The molecule has 3 N–H and O–H groups in total. The van der Waals surface area contributed by atoms with Crippen molar-refractivity contribution in [2.24, 2.45) is 0 Å². The minimum atomic E-state index is -0.978. The van der Waals surface area contributed by atoms with E-state index < -0.39 is 29.8 Å². The zero-order valence-electron chi connectivity index (χ0n) is 10.7. The number of aliphatic hydroxyl groups is 1. The predicted octanol–water partition coefficient (Wildman–Crippen LogP) is 1.13. The molecule has 0 aliphatic rings. The molecule has 0 aromatic carbocycles. The summed E-state index contributed by atoms with van der Waals surface area (Å²) in [7, 11) is 0. The van der Waals surface area contributed by atoms with Gasteiger partial charge in [0, 0.05) is 6.42 Å². The van der Waals surface area contributed by atoms with Crippen molar-refractivity contribution in [3.63, 3.8) is 0 Å². The van der Waals surface area contributed by atoms with Crippen molar-refractivity contribution < 1.29 is 24.5 Å². The van der Waals surface area contributed by atoms with Crippen LogP contribution in [-0.4, -0.2) is 40.0 Å². The zero-order chi connectivity index (χ0) is 13.6. The number of rotatable bonds is 5. The number of carboxylic acid groups (broad SMARTS) is 1. The quantitative estimate of drug-likeness (QED) is 0.676. The summed E-state index contributed by atoms with van der Waals surface area (Å²) in [4.78, 5) is 21.7. The van der Waals surface area contributed by atoms with Gasteiger partial charge >= 0.3 is 12.1 Å². The molecule has 0 aromatic rings. The highest BCUT2D eigenvalue weighted by Crippen LogP contribution is 2.08. The lowest BCUT2D eigenvalue weighted by Gasteiger charge is -2.24. The van der Waals surface area contributed by atoms with E-state index in [1.807, 2.05) is 0 Å². The summed E-state index contributed by atoms with van der Waals surface area (Å²) in [6, 6.07) is -0.552. The normalized spacial score (nSPS) is 14.9. The van der Waals surface area contributed by atoms with E-state index in [0.717, 1.165) is 0 Å². The van der Waals surface area contributed by atoms with Crippen LogP contribution in [0, 0.1) is 0 Å². The Kier molecular flexibility index (Phi) is 5.95. The first-order valence-corrected chi connectivity index (χ1v) is 5.51. The summed E-state index contributed by atoms with van der Waals surface area (Å²) in [6.07, 6.45) is -1.58. The average molecular weight is 247 g/mol. The molecule has 0 saturated heterocycles. The van der Waals surface area contributed by atoms with Crippen LogP contribution in [-0.2, 0) is 9.53 Å². The number of carboxylic acids is 1. The van der Waals surface area contributed by atoms with Crippen LogP contribution >= 0.6 is 0 Å². The summed E-state index contributed by atoms with van der Waals surface area (Å²) in [5.74, 6) is -0.978. The van der Waals surface area contributed by atoms with E-state index in [2.05, 4.69) is 5.32 Å². The number of carbonyl (C=O) groups is 2. The van der Waals surface area contributed by atoms with Gasteiger partial charge in [-0.3, -0.25) is 4.79 Å². The number of nitrogens with one attached hydrogen (secondary N) is 1. The maximum Gasteiger partial charge on any atom is 0.407 e. The van der Waals surface area contributed by atoms with Gasteiger partial charge in [0.1, 0.15) is 5.60 Å². The fourth-order valence-corrected chi connectivity index (χ4v) is 1.11. The van der Waals surface area contributed by atoms with Crippen LogP contribution in [0.3, 0.4) is 0 Å². The summed E-state index contributed by atoms with van der Waals surface area (Å²) in [5, 5.41) is 20.5. The van der Waals surface area contributed by atoms with Crippen molar-refractivity contribution >= 4 is 12.1 Å².